The monoisotopic (exact) mass is 299 g/mol. The van der Waals surface area contributed by atoms with Crippen molar-refractivity contribution < 1.29 is 19.1 Å². The number of ether oxygens (including phenoxy) is 2. The molecule has 1 rings (SSSR count). The molecule has 0 aromatic rings. The number of rotatable bonds is 10. The number of nitrogens with one attached hydrogen (secondary N) is 1. The lowest BCUT2D eigenvalue weighted by Gasteiger charge is -2.18. The number of amides is 1. The van der Waals surface area contributed by atoms with Crippen molar-refractivity contribution in [3.63, 3.8) is 0 Å². The van der Waals surface area contributed by atoms with E-state index in [0.717, 1.165) is 25.7 Å². The Hall–Kier alpha value is -1.10. The topological polar surface area (TPSA) is 64.6 Å². The summed E-state index contributed by atoms with van der Waals surface area (Å²) in [7, 11) is 1.36. The van der Waals surface area contributed by atoms with Gasteiger partial charge in [0.15, 0.2) is 0 Å². The third kappa shape index (κ3) is 6.93. The highest BCUT2D eigenvalue weighted by molar-refractivity contribution is 5.87. The summed E-state index contributed by atoms with van der Waals surface area (Å²) < 4.78 is 10.1. The molecule has 5 heteroatoms. The van der Waals surface area contributed by atoms with Crippen LogP contribution in [-0.4, -0.2) is 37.7 Å². The summed E-state index contributed by atoms with van der Waals surface area (Å²) in [5.74, 6) is -0.552. The summed E-state index contributed by atoms with van der Waals surface area (Å²) in [6.07, 6.45) is 8.79. The van der Waals surface area contributed by atoms with Crippen LogP contribution in [-0.2, 0) is 19.1 Å². The normalized spacial score (nSPS) is 19.2. The van der Waals surface area contributed by atoms with Crippen molar-refractivity contribution in [2.24, 2.45) is 0 Å². The minimum Gasteiger partial charge on any atom is -0.467 e. The maximum atomic E-state index is 12.0. The Bertz CT molecular complexity index is 313. The second kappa shape index (κ2) is 10.6. The van der Waals surface area contributed by atoms with Gasteiger partial charge in [-0.05, 0) is 19.3 Å². The van der Waals surface area contributed by atoms with Crippen molar-refractivity contribution in [1.82, 2.24) is 5.32 Å². The summed E-state index contributed by atoms with van der Waals surface area (Å²) in [6, 6.07) is -0.544. The van der Waals surface area contributed by atoms with Crippen molar-refractivity contribution in [2.45, 2.75) is 76.9 Å². The smallest absolute Gasteiger partial charge is 0.328 e. The van der Waals surface area contributed by atoms with Crippen LogP contribution >= 0.6 is 0 Å². The fourth-order valence-corrected chi connectivity index (χ4v) is 2.57. The van der Waals surface area contributed by atoms with Crippen LogP contribution in [0.5, 0.6) is 0 Å². The zero-order chi connectivity index (χ0) is 15.5. The van der Waals surface area contributed by atoms with Crippen LogP contribution in [0, 0.1) is 0 Å². The van der Waals surface area contributed by atoms with Crippen LogP contribution in [0.25, 0.3) is 0 Å². The average molecular weight is 299 g/mol. The van der Waals surface area contributed by atoms with E-state index in [0.29, 0.717) is 13.0 Å². The Balaban J connectivity index is 2.30. The van der Waals surface area contributed by atoms with E-state index < -0.39 is 12.1 Å². The summed E-state index contributed by atoms with van der Waals surface area (Å²) in [4.78, 5) is 23.8. The van der Waals surface area contributed by atoms with E-state index in [2.05, 4.69) is 12.2 Å². The number of hydrogen-bond donors (Lipinski definition) is 1. The molecule has 0 aliphatic carbocycles. The van der Waals surface area contributed by atoms with Gasteiger partial charge in [0.05, 0.1) is 7.11 Å². The van der Waals surface area contributed by atoms with Crippen LogP contribution in [0.1, 0.15) is 64.7 Å². The van der Waals surface area contributed by atoms with Crippen molar-refractivity contribution >= 4 is 11.9 Å². The van der Waals surface area contributed by atoms with E-state index in [9.17, 15) is 9.59 Å². The van der Waals surface area contributed by atoms with Crippen LogP contribution in [0.3, 0.4) is 0 Å². The first-order valence-electron chi connectivity index (χ1n) is 8.18. The number of carbonyl (C=O) groups is 2. The molecule has 0 unspecified atom stereocenters. The fraction of sp³-hybridized carbons (Fsp3) is 0.875. The fourth-order valence-electron chi connectivity index (χ4n) is 2.57. The van der Waals surface area contributed by atoms with Crippen molar-refractivity contribution in [1.29, 1.82) is 0 Å². The van der Waals surface area contributed by atoms with Crippen molar-refractivity contribution in [3.05, 3.63) is 0 Å². The molecule has 5 nitrogen and oxygen atoms in total. The summed E-state index contributed by atoms with van der Waals surface area (Å²) in [5, 5.41) is 2.77. The van der Waals surface area contributed by atoms with Gasteiger partial charge in [-0.1, -0.05) is 45.4 Å². The van der Waals surface area contributed by atoms with Crippen LogP contribution in [0.4, 0.5) is 0 Å². The maximum Gasteiger partial charge on any atom is 0.328 e. The van der Waals surface area contributed by atoms with E-state index in [-0.39, 0.29) is 11.9 Å². The van der Waals surface area contributed by atoms with Crippen LogP contribution < -0.4 is 5.32 Å². The number of unbranched alkanes of at least 4 members (excludes halogenated alkanes) is 5. The molecule has 1 amide bonds. The maximum absolute atomic E-state index is 12.0. The Morgan fingerprint density at radius 2 is 1.95 bits per heavy atom. The molecule has 0 saturated carbocycles. The molecule has 1 aliphatic heterocycles. The first kappa shape index (κ1) is 18.0. The first-order valence-corrected chi connectivity index (χ1v) is 8.18. The molecular formula is C16H29NO4. The lowest BCUT2D eigenvalue weighted by Crippen LogP contribution is -2.45. The van der Waals surface area contributed by atoms with Gasteiger partial charge >= 0.3 is 5.97 Å². The number of methoxy groups -OCH3 is 1. The standard InChI is InChI=1S/C16H29NO4/c1-3-4-5-6-7-8-10-13(16(19)20-2)17-15(18)14-11-9-12-21-14/h13-14H,3-12H2,1-2H3,(H,17,18)/t13-,14+/m0/s1. The molecule has 0 radical (unpaired) electrons. The molecule has 1 heterocycles. The van der Waals surface area contributed by atoms with Crippen LogP contribution in [0.15, 0.2) is 0 Å². The zero-order valence-electron chi connectivity index (χ0n) is 13.4. The lowest BCUT2D eigenvalue weighted by atomic mass is 10.1. The van der Waals surface area contributed by atoms with Gasteiger partial charge < -0.3 is 14.8 Å². The number of carbonyl (C=O) groups excluding carboxylic acids is 2. The molecular weight excluding hydrogens is 270 g/mol. The Morgan fingerprint density at radius 3 is 2.57 bits per heavy atom. The van der Waals surface area contributed by atoms with Crippen molar-refractivity contribution in [2.75, 3.05) is 13.7 Å². The van der Waals surface area contributed by atoms with Gasteiger partial charge in [-0.3, -0.25) is 4.79 Å². The van der Waals surface area contributed by atoms with E-state index in [4.69, 9.17) is 9.47 Å². The van der Waals surface area contributed by atoms with Crippen molar-refractivity contribution in [3.8, 4) is 0 Å². The average Bonchev–Trinajstić information content (AvgIpc) is 3.03. The molecule has 1 saturated heterocycles. The Morgan fingerprint density at radius 1 is 1.24 bits per heavy atom. The number of esters is 1. The molecule has 1 aliphatic rings. The predicted octanol–water partition coefficient (Wildman–Crippen LogP) is 2.57. The van der Waals surface area contributed by atoms with Gasteiger partial charge in [0.1, 0.15) is 12.1 Å². The minimum atomic E-state index is -0.544. The largest absolute Gasteiger partial charge is 0.467 e. The number of hydrogen-bond acceptors (Lipinski definition) is 4. The summed E-state index contributed by atoms with van der Waals surface area (Å²) in [5.41, 5.74) is 0. The molecule has 0 aromatic heterocycles. The Labute approximate surface area is 127 Å². The molecule has 2 atom stereocenters. The van der Waals surface area contributed by atoms with E-state index >= 15 is 0 Å². The second-order valence-corrected chi connectivity index (χ2v) is 5.64. The lowest BCUT2D eigenvalue weighted by molar-refractivity contribution is -0.146. The second-order valence-electron chi connectivity index (χ2n) is 5.64. The molecule has 0 aromatic carbocycles. The van der Waals surface area contributed by atoms with Gasteiger partial charge in [-0.25, -0.2) is 4.79 Å². The van der Waals surface area contributed by atoms with Gasteiger partial charge in [0.25, 0.3) is 0 Å². The van der Waals surface area contributed by atoms with E-state index in [1.807, 2.05) is 0 Å². The minimum absolute atomic E-state index is 0.186. The summed E-state index contributed by atoms with van der Waals surface area (Å²) >= 11 is 0. The van der Waals surface area contributed by atoms with E-state index in [1.165, 1.54) is 32.8 Å². The summed E-state index contributed by atoms with van der Waals surface area (Å²) in [6.45, 7) is 2.81. The molecule has 1 fully saturated rings. The quantitative estimate of drug-likeness (QED) is 0.497. The van der Waals surface area contributed by atoms with Crippen LogP contribution in [0.2, 0.25) is 0 Å². The Kier molecular flexibility index (Phi) is 9.06. The SMILES string of the molecule is CCCCCCCC[C@H](NC(=O)[C@H]1CCCO1)C(=O)OC. The van der Waals surface area contributed by atoms with Gasteiger partial charge in [-0.2, -0.15) is 0 Å². The molecule has 21 heavy (non-hydrogen) atoms. The third-order valence-corrected chi connectivity index (χ3v) is 3.87. The highest BCUT2D eigenvalue weighted by Crippen LogP contribution is 2.14. The zero-order valence-corrected chi connectivity index (χ0v) is 13.4. The highest BCUT2D eigenvalue weighted by atomic mass is 16.5. The van der Waals surface area contributed by atoms with Gasteiger partial charge in [0, 0.05) is 6.61 Å². The highest BCUT2D eigenvalue weighted by Gasteiger charge is 2.28. The predicted molar refractivity (Wildman–Crippen MR) is 80.9 cm³/mol. The third-order valence-electron chi connectivity index (χ3n) is 3.87. The molecule has 122 valence electrons. The first-order chi connectivity index (χ1) is 10.2. The molecule has 0 spiro atoms. The van der Waals surface area contributed by atoms with Gasteiger partial charge in [-0.15, -0.1) is 0 Å². The van der Waals surface area contributed by atoms with E-state index in [1.54, 1.807) is 0 Å². The molecule has 1 N–H and O–H groups in total. The van der Waals surface area contributed by atoms with Gasteiger partial charge in [0.2, 0.25) is 5.91 Å². The molecule has 0 bridgehead atoms.